The van der Waals surface area contributed by atoms with Gasteiger partial charge in [0.2, 0.25) is 0 Å². The summed E-state index contributed by atoms with van der Waals surface area (Å²) in [5.41, 5.74) is 3.23. The Balaban J connectivity index is 2.23. The lowest BCUT2D eigenvalue weighted by atomic mass is 10.0. The van der Waals surface area contributed by atoms with Gasteiger partial charge in [0, 0.05) is 25.8 Å². The molecule has 0 unspecified atom stereocenters. The fourth-order valence-corrected chi connectivity index (χ4v) is 2.14. The van der Waals surface area contributed by atoms with Gasteiger partial charge in [0.1, 0.15) is 5.69 Å². The molecule has 23 heavy (non-hydrogen) atoms. The normalized spacial score (nSPS) is 10.6. The molecule has 0 atom stereocenters. The first-order valence-electron chi connectivity index (χ1n) is 7.47. The molecule has 1 heterocycles. The minimum Gasteiger partial charge on any atom is -0.385 e. The number of carbonyl (C=O) groups excluding carboxylic acids is 1. The van der Waals surface area contributed by atoms with Crippen LogP contribution in [0.5, 0.6) is 0 Å². The maximum atomic E-state index is 12.1. The first-order chi connectivity index (χ1) is 11.0. The van der Waals surface area contributed by atoms with Crippen LogP contribution in [-0.2, 0) is 4.74 Å². The summed E-state index contributed by atoms with van der Waals surface area (Å²) in [6, 6.07) is 7.41. The van der Waals surface area contributed by atoms with Crippen LogP contribution < -0.4 is 11.0 Å². The number of aryl methyl sites for hydroxylation is 2. The summed E-state index contributed by atoms with van der Waals surface area (Å²) in [6.45, 7) is 5.07. The molecular formula is C17H21N3O3. The summed E-state index contributed by atoms with van der Waals surface area (Å²) >= 11 is 0. The molecule has 6 nitrogen and oxygen atoms in total. The van der Waals surface area contributed by atoms with Crippen molar-refractivity contribution in [2.75, 3.05) is 20.3 Å². The molecule has 2 aromatic rings. The Morgan fingerprint density at radius 3 is 2.74 bits per heavy atom. The third kappa shape index (κ3) is 4.50. The van der Waals surface area contributed by atoms with Gasteiger partial charge >= 0.3 is 5.69 Å². The van der Waals surface area contributed by atoms with Crippen LogP contribution in [0.25, 0.3) is 11.3 Å². The highest BCUT2D eigenvalue weighted by Gasteiger charge is 2.10. The van der Waals surface area contributed by atoms with Crippen molar-refractivity contribution in [3.05, 3.63) is 51.6 Å². The largest absolute Gasteiger partial charge is 0.385 e. The van der Waals surface area contributed by atoms with Crippen molar-refractivity contribution in [1.29, 1.82) is 0 Å². The molecule has 1 amide bonds. The number of H-pyrrole nitrogens is 1. The number of nitrogens with zero attached hydrogens (tertiary/aromatic N) is 1. The number of benzene rings is 1. The van der Waals surface area contributed by atoms with Gasteiger partial charge < -0.3 is 15.0 Å². The summed E-state index contributed by atoms with van der Waals surface area (Å²) in [7, 11) is 1.61. The molecule has 0 radical (unpaired) electrons. The summed E-state index contributed by atoms with van der Waals surface area (Å²) < 4.78 is 4.93. The average molecular weight is 315 g/mol. The predicted molar refractivity (Wildman–Crippen MR) is 88.6 cm³/mol. The Morgan fingerprint density at radius 2 is 2.04 bits per heavy atom. The van der Waals surface area contributed by atoms with Crippen molar-refractivity contribution in [2.24, 2.45) is 0 Å². The highest BCUT2D eigenvalue weighted by Crippen LogP contribution is 2.19. The zero-order valence-corrected chi connectivity index (χ0v) is 13.6. The maximum Gasteiger partial charge on any atom is 0.346 e. The minimum atomic E-state index is -0.539. The standard InChI is InChI=1S/C17H21N3O3/c1-11-5-6-13(9-12(11)2)14-10-15(20-17(22)19-14)16(21)18-7-4-8-23-3/h5-6,9-10H,4,7-8H2,1-3H3,(H,18,21)(H,19,20,22). The van der Waals surface area contributed by atoms with Gasteiger partial charge in [0.25, 0.3) is 5.91 Å². The van der Waals surface area contributed by atoms with Gasteiger partial charge in [-0.2, -0.15) is 4.98 Å². The molecule has 2 rings (SSSR count). The second-order valence-electron chi connectivity index (χ2n) is 5.39. The van der Waals surface area contributed by atoms with Gasteiger partial charge in [-0.1, -0.05) is 12.1 Å². The molecule has 0 spiro atoms. The molecule has 0 saturated carbocycles. The van der Waals surface area contributed by atoms with Gasteiger partial charge in [-0.05, 0) is 43.5 Å². The summed E-state index contributed by atoms with van der Waals surface area (Å²) in [4.78, 5) is 30.3. The van der Waals surface area contributed by atoms with E-state index in [0.29, 0.717) is 25.3 Å². The van der Waals surface area contributed by atoms with Gasteiger partial charge in [-0.15, -0.1) is 0 Å². The summed E-state index contributed by atoms with van der Waals surface area (Å²) in [5.74, 6) is -0.328. The Morgan fingerprint density at radius 1 is 1.26 bits per heavy atom. The number of methoxy groups -OCH3 is 1. The molecule has 122 valence electrons. The molecule has 2 N–H and O–H groups in total. The van der Waals surface area contributed by atoms with E-state index in [4.69, 9.17) is 4.74 Å². The fraction of sp³-hybridized carbons (Fsp3) is 0.353. The number of nitrogens with one attached hydrogen (secondary N) is 2. The van der Waals surface area contributed by atoms with E-state index in [1.807, 2.05) is 32.0 Å². The molecule has 0 aliphatic heterocycles. The van der Waals surface area contributed by atoms with Gasteiger partial charge in [0.15, 0.2) is 0 Å². The maximum absolute atomic E-state index is 12.1. The number of carbonyl (C=O) groups is 1. The third-order valence-electron chi connectivity index (χ3n) is 3.60. The Labute approximate surface area is 134 Å². The molecule has 0 aliphatic carbocycles. The van der Waals surface area contributed by atoms with Crippen molar-refractivity contribution in [2.45, 2.75) is 20.3 Å². The van der Waals surface area contributed by atoms with Crippen molar-refractivity contribution < 1.29 is 9.53 Å². The van der Waals surface area contributed by atoms with E-state index in [2.05, 4.69) is 15.3 Å². The smallest absolute Gasteiger partial charge is 0.346 e. The first-order valence-corrected chi connectivity index (χ1v) is 7.47. The molecule has 6 heteroatoms. The quantitative estimate of drug-likeness (QED) is 0.796. The number of amides is 1. The number of hydrogen-bond donors (Lipinski definition) is 2. The van der Waals surface area contributed by atoms with Crippen LogP contribution in [0.4, 0.5) is 0 Å². The van der Waals surface area contributed by atoms with E-state index in [-0.39, 0.29) is 11.6 Å². The van der Waals surface area contributed by atoms with Gasteiger partial charge in [-0.3, -0.25) is 4.79 Å². The van der Waals surface area contributed by atoms with E-state index in [1.165, 1.54) is 0 Å². The lowest BCUT2D eigenvalue weighted by Crippen LogP contribution is -2.28. The summed E-state index contributed by atoms with van der Waals surface area (Å²) in [5, 5.41) is 2.74. The topological polar surface area (TPSA) is 84.1 Å². The van der Waals surface area contributed by atoms with E-state index in [1.54, 1.807) is 13.2 Å². The van der Waals surface area contributed by atoms with Crippen LogP contribution >= 0.6 is 0 Å². The van der Waals surface area contributed by atoms with E-state index >= 15 is 0 Å². The van der Waals surface area contributed by atoms with E-state index < -0.39 is 5.69 Å². The van der Waals surface area contributed by atoms with Crippen LogP contribution in [-0.4, -0.2) is 36.1 Å². The Bertz CT molecular complexity index is 753. The van der Waals surface area contributed by atoms with Crippen molar-refractivity contribution in [3.8, 4) is 11.3 Å². The van der Waals surface area contributed by atoms with Crippen LogP contribution in [0.3, 0.4) is 0 Å². The molecule has 0 bridgehead atoms. The molecule has 1 aromatic carbocycles. The van der Waals surface area contributed by atoms with Crippen molar-refractivity contribution >= 4 is 5.91 Å². The number of rotatable bonds is 6. The number of aromatic nitrogens is 2. The number of aromatic amines is 1. The lowest BCUT2D eigenvalue weighted by molar-refractivity contribution is 0.0943. The lowest BCUT2D eigenvalue weighted by Gasteiger charge is -2.07. The number of hydrogen-bond acceptors (Lipinski definition) is 4. The minimum absolute atomic E-state index is 0.204. The molecule has 0 aliphatic rings. The second kappa shape index (κ2) is 7.69. The third-order valence-corrected chi connectivity index (χ3v) is 3.60. The van der Waals surface area contributed by atoms with Gasteiger partial charge in [-0.25, -0.2) is 4.79 Å². The molecule has 0 fully saturated rings. The van der Waals surface area contributed by atoms with E-state index in [0.717, 1.165) is 16.7 Å². The second-order valence-corrected chi connectivity index (χ2v) is 5.39. The first kappa shape index (κ1) is 16.9. The Hall–Kier alpha value is -2.47. The van der Waals surface area contributed by atoms with E-state index in [9.17, 15) is 9.59 Å². The fourth-order valence-electron chi connectivity index (χ4n) is 2.14. The zero-order valence-electron chi connectivity index (χ0n) is 13.6. The monoisotopic (exact) mass is 315 g/mol. The highest BCUT2D eigenvalue weighted by molar-refractivity contribution is 5.93. The van der Waals surface area contributed by atoms with Gasteiger partial charge in [0.05, 0.1) is 5.69 Å². The Kier molecular flexibility index (Phi) is 5.65. The SMILES string of the molecule is COCCCNC(=O)c1cc(-c2ccc(C)c(C)c2)nc(=O)[nH]1. The number of ether oxygens (including phenoxy) is 1. The molecule has 0 saturated heterocycles. The molecule has 1 aromatic heterocycles. The van der Waals surface area contributed by atoms with Crippen molar-refractivity contribution in [1.82, 2.24) is 15.3 Å². The van der Waals surface area contributed by atoms with Crippen LogP contribution in [0, 0.1) is 13.8 Å². The predicted octanol–water partition coefficient (Wildman–Crippen LogP) is 1.82. The van der Waals surface area contributed by atoms with Crippen molar-refractivity contribution in [3.63, 3.8) is 0 Å². The zero-order chi connectivity index (χ0) is 16.8. The summed E-state index contributed by atoms with van der Waals surface area (Å²) in [6.07, 6.45) is 0.710. The molecular weight excluding hydrogens is 294 g/mol. The van der Waals surface area contributed by atoms with Crippen LogP contribution in [0.2, 0.25) is 0 Å². The highest BCUT2D eigenvalue weighted by atomic mass is 16.5. The van der Waals surface area contributed by atoms with Crippen LogP contribution in [0.1, 0.15) is 28.0 Å². The van der Waals surface area contributed by atoms with Crippen LogP contribution in [0.15, 0.2) is 29.1 Å². The average Bonchev–Trinajstić information content (AvgIpc) is 2.53.